The van der Waals surface area contributed by atoms with E-state index in [1.807, 2.05) is 0 Å². The molecule has 1 heteroatoms. The SMILES string of the molecule is C=C1CC/C(=C/C=C2\CCCC3(C)C(CC)CCC23)C[C@H]1O. The normalized spacial score (nSPS) is 42.9. The average molecular weight is 300 g/mol. The van der Waals surface area contributed by atoms with E-state index in [0.717, 1.165) is 36.7 Å². The molecular weight excluding hydrogens is 268 g/mol. The first-order valence-corrected chi connectivity index (χ1v) is 9.29. The predicted octanol–water partition coefficient (Wildman–Crippen LogP) is 5.57. The van der Waals surface area contributed by atoms with E-state index >= 15 is 0 Å². The van der Waals surface area contributed by atoms with Gasteiger partial charge in [-0.2, -0.15) is 0 Å². The highest BCUT2D eigenvalue weighted by atomic mass is 16.3. The van der Waals surface area contributed by atoms with Crippen LogP contribution < -0.4 is 0 Å². The van der Waals surface area contributed by atoms with Gasteiger partial charge in [0, 0.05) is 0 Å². The Morgan fingerprint density at radius 2 is 2.05 bits per heavy atom. The van der Waals surface area contributed by atoms with Crippen LogP contribution in [0.2, 0.25) is 0 Å². The van der Waals surface area contributed by atoms with E-state index in [0.29, 0.717) is 5.41 Å². The maximum atomic E-state index is 9.98. The number of fused-ring (bicyclic) bond motifs is 1. The number of hydrogen-bond donors (Lipinski definition) is 1. The van der Waals surface area contributed by atoms with Crippen molar-refractivity contribution in [2.24, 2.45) is 17.3 Å². The summed E-state index contributed by atoms with van der Waals surface area (Å²) in [5.41, 5.74) is 4.66. The fourth-order valence-electron chi connectivity index (χ4n) is 5.38. The Morgan fingerprint density at radius 3 is 2.77 bits per heavy atom. The third-order valence-electron chi connectivity index (χ3n) is 6.88. The summed E-state index contributed by atoms with van der Waals surface area (Å²) in [6, 6.07) is 0. The molecule has 1 N–H and O–H groups in total. The summed E-state index contributed by atoms with van der Waals surface area (Å²) in [5, 5.41) is 9.98. The lowest BCUT2D eigenvalue weighted by atomic mass is 9.63. The molecule has 4 atom stereocenters. The first-order valence-electron chi connectivity index (χ1n) is 9.29. The summed E-state index contributed by atoms with van der Waals surface area (Å²) in [6.45, 7) is 8.88. The molecule has 22 heavy (non-hydrogen) atoms. The fraction of sp³-hybridized carbons (Fsp3) is 0.714. The molecule has 0 aromatic rings. The van der Waals surface area contributed by atoms with Gasteiger partial charge in [0.2, 0.25) is 0 Å². The number of rotatable bonds is 2. The standard InChI is InChI=1S/C21H32O/c1-4-18-11-12-19-17(6-5-13-21(18,19)3)10-9-16-8-7-15(2)20(22)14-16/h9-10,18-20,22H,2,4-8,11-14H2,1,3H3/b16-9-,17-10+/t18?,19?,20-,21?/m1/s1. The van der Waals surface area contributed by atoms with Crippen LogP contribution >= 0.6 is 0 Å². The Bertz CT molecular complexity index is 498. The van der Waals surface area contributed by atoms with Crippen LogP contribution in [0.4, 0.5) is 0 Å². The Morgan fingerprint density at radius 1 is 1.23 bits per heavy atom. The Hall–Kier alpha value is -0.820. The van der Waals surface area contributed by atoms with Gasteiger partial charge in [-0.05, 0) is 74.2 Å². The van der Waals surface area contributed by atoms with Gasteiger partial charge in [0.25, 0.3) is 0 Å². The average Bonchev–Trinajstić information content (AvgIpc) is 2.85. The molecule has 0 spiro atoms. The minimum atomic E-state index is -0.314. The van der Waals surface area contributed by atoms with E-state index in [4.69, 9.17) is 0 Å². The third-order valence-corrected chi connectivity index (χ3v) is 6.88. The van der Waals surface area contributed by atoms with Crippen molar-refractivity contribution in [3.8, 4) is 0 Å². The molecule has 3 fully saturated rings. The molecule has 0 aliphatic heterocycles. The van der Waals surface area contributed by atoms with E-state index in [9.17, 15) is 5.11 Å². The maximum Gasteiger partial charge on any atom is 0.0784 e. The van der Waals surface area contributed by atoms with Gasteiger partial charge in [-0.25, -0.2) is 0 Å². The Kier molecular flexibility index (Phi) is 4.64. The van der Waals surface area contributed by atoms with Gasteiger partial charge in [0.15, 0.2) is 0 Å². The molecular formula is C21H32O. The first-order chi connectivity index (χ1) is 10.5. The lowest BCUT2D eigenvalue weighted by Crippen LogP contribution is -2.32. The second-order valence-corrected chi connectivity index (χ2v) is 8.04. The molecule has 0 aromatic carbocycles. The maximum absolute atomic E-state index is 9.98. The zero-order valence-electron chi connectivity index (χ0n) is 14.4. The molecule has 122 valence electrons. The van der Waals surface area contributed by atoms with Gasteiger partial charge in [-0.1, -0.05) is 50.1 Å². The molecule has 0 bridgehead atoms. The smallest absolute Gasteiger partial charge is 0.0784 e. The lowest BCUT2D eigenvalue weighted by molar-refractivity contribution is 0.133. The molecule has 0 radical (unpaired) electrons. The molecule has 3 rings (SSSR count). The molecule has 0 aromatic heterocycles. The highest BCUT2D eigenvalue weighted by molar-refractivity contribution is 5.27. The van der Waals surface area contributed by atoms with Crippen LogP contribution in [0.3, 0.4) is 0 Å². The van der Waals surface area contributed by atoms with Gasteiger partial charge in [0.1, 0.15) is 0 Å². The van der Waals surface area contributed by atoms with Crippen LogP contribution in [0.5, 0.6) is 0 Å². The van der Waals surface area contributed by atoms with Crippen LogP contribution in [-0.4, -0.2) is 11.2 Å². The van der Waals surface area contributed by atoms with E-state index in [-0.39, 0.29) is 6.10 Å². The summed E-state index contributed by atoms with van der Waals surface area (Å²) in [4.78, 5) is 0. The highest BCUT2D eigenvalue weighted by Gasteiger charge is 2.48. The fourth-order valence-corrected chi connectivity index (χ4v) is 5.38. The summed E-state index contributed by atoms with van der Waals surface area (Å²) < 4.78 is 0. The zero-order chi connectivity index (χ0) is 15.7. The van der Waals surface area contributed by atoms with Crippen molar-refractivity contribution in [1.29, 1.82) is 0 Å². The molecule has 0 heterocycles. The van der Waals surface area contributed by atoms with Crippen molar-refractivity contribution < 1.29 is 5.11 Å². The Labute approximate surface area is 136 Å². The Balaban J connectivity index is 1.76. The largest absolute Gasteiger partial charge is 0.388 e. The molecule has 0 saturated heterocycles. The van der Waals surface area contributed by atoms with Crippen LogP contribution in [-0.2, 0) is 0 Å². The van der Waals surface area contributed by atoms with Gasteiger partial charge in [-0.15, -0.1) is 0 Å². The van der Waals surface area contributed by atoms with Gasteiger partial charge >= 0.3 is 0 Å². The monoisotopic (exact) mass is 300 g/mol. The minimum Gasteiger partial charge on any atom is -0.388 e. The summed E-state index contributed by atoms with van der Waals surface area (Å²) in [5.74, 6) is 1.74. The lowest BCUT2D eigenvalue weighted by Gasteiger charge is -2.42. The molecule has 3 aliphatic rings. The predicted molar refractivity (Wildman–Crippen MR) is 93.6 cm³/mol. The zero-order valence-corrected chi connectivity index (χ0v) is 14.4. The molecule has 3 saturated carbocycles. The quantitative estimate of drug-likeness (QED) is 0.661. The van der Waals surface area contributed by atoms with Crippen molar-refractivity contribution in [1.82, 2.24) is 0 Å². The third kappa shape index (κ3) is 2.85. The van der Waals surface area contributed by atoms with Crippen molar-refractivity contribution >= 4 is 0 Å². The topological polar surface area (TPSA) is 20.2 Å². The second-order valence-electron chi connectivity index (χ2n) is 8.04. The van der Waals surface area contributed by atoms with E-state index in [2.05, 4.69) is 32.6 Å². The molecule has 3 unspecified atom stereocenters. The van der Waals surface area contributed by atoms with Crippen LogP contribution in [0.25, 0.3) is 0 Å². The highest BCUT2D eigenvalue weighted by Crippen LogP contribution is 2.58. The van der Waals surface area contributed by atoms with Crippen molar-refractivity contribution in [2.75, 3.05) is 0 Å². The summed E-state index contributed by atoms with van der Waals surface area (Å²) in [6.07, 6.45) is 15.5. The second kappa shape index (κ2) is 6.35. The van der Waals surface area contributed by atoms with Crippen LogP contribution in [0.1, 0.15) is 71.6 Å². The van der Waals surface area contributed by atoms with Crippen molar-refractivity contribution in [3.63, 3.8) is 0 Å². The van der Waals surface area contributed by atoms with E-state index in [1.54, 1.807) is 5.57 Å². The summed E-state index contributed by atoms with van der Waals surface area (Å²) >= 11 is 0. The van der Waals surface area contributed by atoms with Gasteiger partial charge in [-0.3, -0.25) is 0 Å². The van der Waals surface area contributed by atoms with Gasteiger partial charge < -0.3 is 5.11 Å². The first kappa shape index (κ1) is 16.1. The van der Waals surface area contributed by atoms with Crippen LogP contribution in [0, 0.1) is 17.3 Å². The molecule has 3 aliphatic carbocycles. The van der Waals surface area contributed by atoms with E-state index in [1.165, 1.54) is 44.1 Å². The van der Waals surface area contributed by atoms with E-state index < -0.39 is 0 Å². The number of aliphatic hydroxyl groups excluding tert-OH is 1. The van der Waals surface area contributed by atoms with Crippen molar-refractivity contribution in [3.05, 3.63) is 35.5 Å². The number of allylic oxidation sites excluding steroid dienone is 3. The summed E-state index contributed by atoms with van der Waals surface area (Å²) in [7, 11) is 0. The van der Waals surface area contributed by atoms with Crippen molar-refractivity contribution in [2.45, 2.75) is 77.7 Å². The van der Waals surface area contributed by atoms with Gasteiger partial charge in [0.05, 0.1) is 6.10 Å². The molecule has 1 nitrogen and oxygen atoms in total. The van der Waals surface area contributed by atoms with Crippen LogP contribution in [0.15, 0.2) is 35.5 Å². The number of hydrogen-bond acceptors (Lipinski definition) is 1. The minimum absolute atomic E-state index is 0.314. The molecule has 0 amide bonds. The number of aliphatic hydroxyl groups is 1.